The summed E-state index contributed by atoms with van der Waals surface area (Å²) in [5.41, 5.74) is 0.885. The third-order valence-corrected chi connectivity index (χ3v) is 3.65. The summed E-state index contributed by atoms with van der Waals surface area (Å²) >= 11 is 3.44. The number of alkyl halides is 1. The average Bonchev–Trinajstić information content (AvgIpc) is 2.85. The fraction of sp³-hybridized carbons (Fsp3) is 0.357. The summed E-state index contributed by atoms with van der Waals surface area (Å²) in [5.74, 6) is 5.57. The zero-order chi connectivity index (χ0) is 12.1. The van der Waals surface area contributed by atoms with Crippen molar-refractivity contribution in [1.82, 2.24) is 4.90 Å². The van der Waals surface area contributed by atoms with Crippen molar-refractivity contribution in [2.24, 2.45) is 0 Å². The SMILES string of the molecule is O=C(C#Cc1ccccc1)N1CCC[C@@H]1CBr. The summed E-state index contributed by atoms with van der Waals surface area (Å²) in [4.78, 5) is 13.8. The predicted molar refractivity (Wildman–Crippen MR) is 71.8 cm³/mol. The third kappa shape index (κ3) is 3.10. The van der Waals surface area contributed by atoms with Gasteiger partial charge in [-0.15, -0.1) is 0 Å². The molecule has 17 heavy (non-hydrogen) atoms. The first-order valence-electron chi connectivity index (χ1n) is 5.75. The number of hydrogen-bond acceptors (Lipinski definition) is 1. The first-order valence-corrected chi connectivity index (χ1v) is 6.87. The zero-order valence-corrected chi connectivity index (χ0v) is 11.1. The highest BCUT2D eigenvalue weighted by Crippen LogP contribution is 2.18. The van der Waals surface area contributed by atoms with Crippen molar-refractivity contribution in [1.29, 1.82) is 0 Å². The van der Waals surface area contributed by atoms with Crippen molar-refractivity contribution >= 4 is 21.8 Å². The van der Waals surface area contributed by atoms with Gasteiger partial charge in [-0.1, -0.05) is 40.0 Å². The molecule has 1 fully saturated rings. The number of benzene rings is 1. The molecular weight excluding hydrogens is 278 g/mol. The van der Waals surface area contributed by atoms with Gasteiger partial charge in [-0.3, -0.25) is 4.79 Å². The van der Waals surface area contributed by atoms with E-state index in [4.69, 9.17) is 0 Å². The van der Waals surface area contributed by atoms with Crippen LogP contribution in [0.4, 0.5) is 0 Å². The van der Waals surface area contributed by atoms with Crippen LogP contribution in [0.15, 0.2) is 30.3 Å². The van der Waals surface area contributed by atoms with E-state index in [9.17, 15) is 4.79 Å². The molecule has 1 atom stereocenters. The summed E-state index contributed by atoms with van der Waals surface area (Å²) in [7, 11) is 0. The van der Waals surface area contributed by atoms with Crippen LogP contribution < -0.4 is 0 Å². The molecule has 2 nitrogen and oxygen atoms in total. The molecule has 1 aliphatic heterocycles. The van der Waals surface area contributed by atoms with Gasteiger partial charge >= 0.3 is 0 Å². The first kappa shape index (κ1) is 12.2. The van der Waals surface area contributed by atoms with Crippen LogP contribution in [-0.2, 0) is 4.79 Å². The molecule has 0 saturated carbocycles. The Morgan fingerprint density at radius 3 is 2.88 bits per heavy atom. The Hall–Kier alpha value is -1.27. The van der Waals surface area contributed by atoms with Gasteiger partial charge in [0.15, 0.2) is 0 Å². The van der Waals surface area contributed by atoms with Crippen molar-refractivity contribution < 1.29 is 4.79 Å². The van der Waals surface area contributed by atoms with E-state index in [0.29, 0.717) is 6.04 Å². The van der Waals surface area contributed by atoms with Crippen LogP contribution in [0.1, 0.15) is 18.4 Å². The molecule has 1 aromatic rings. The Balaban J connectivity index is 2.05. The normalized spacial score (nSPS) is 18.6. The van der Waals surface area contributed by atoms with E-state index in [1.54, 1.807) is 0 Å². The Morgan fingerprint density at radius 2 is 2.18 bits per heavy atom. The van der Waals surface area contributed by atoms with Gasteiger partial charge in [0.1, 0.15) is 0 Å². The summed E-state index contributed by atoms with van der Waals surface area (Å²) < 4.78 is 0. The lowest BCUT2D eigenvalue weighted by Gasteiger charge is -2.19. The number of likely N-dealkylation sites (tertiary alicyclic amines) is 1. The van der Waals surface area contributed by atoms with E-state index < -0.39 is 0 Å². The van der Waals surface area contributed by atoms with Crippen molar-refractivity contribution in [2.75, 3.05) is 11.9 Å². The van der Waals surface area contributed by atoms with E-state index in [1.165, 1.54) is 0 Å². The summed E-state index contributed by atoms with van der Waals surface area (Å²) in [6.45, 7) is 0.832. The molecule has 1 saturated heterocycles. The molecule has 1 heterocycles. The second-order valence-corrected chi connectivity index (χ2v) is 4.71. The number of halogens is 1. The van der Waals surface area contributed by atoms with Crippen LogP contribution in [0.5, 0.6) is 0 Å². The maximum Gasteiger partial charge on any atom is 0.299 e. The molecule has 1 aliphatic rings. The van der Waals surface area contributed by atoms with Crippen LogP contribution >= 0.6 is 15.9 Å². The van der Waals surface area contributed by atoms with Gasteiger partial charge < -0.3 is 4.90 Å². The fourth-order valence-electron chi connectivity index (χ4n) is 1.98. The second kappa shape index (κ2) is 5.88. The number of carbonyl (C=O) groups excluding carboxylic acids is 1. The quantitative estimate of drug-likeness (QED) is 0.575. The molecular formula is C14H14BrNO. The van der Waals surface area contributed by atoms with Crippen LogP contribution in [0.3, 0.4) is 0 Å². The van der Waals surface area contributed by atoms with Gasteiger partial charge in [-0.2, -0.15) is 0 Å². The molecule has 2 rings (SSSR count). The largest absolute Gasteiger partial charge is 0.328 e. The molecule has 0 aliphatic carbocycles. The molecule has 1 aromatic carbocycles. The van der Waals surface area contributed by atoms with Crippen molar-refractivity contribution in [3.8, 4) is 11.8 Å². The zero-order valence-electron chi connectivity index (χ0n) is 9.53. The van der Waals surface area contributed by atoms with E-state index in [0.717, 1.165) is 30.3 Å². The Kier molecular flexibility index (Phi) is 4.22. The molecule has 1 amide bonds. The van der Waals surface area contributed by atoms with Gasteiger partial charge in [-0.05, 0) is 25.0 Å². The lowest BCUT2D eigenvalue weighted by atomic mass is 10.2. The van der Waals surface area contributed by atoms with Gasteiger partial charge in [0.25, 0.3) is 5.91 Å². The van der Waals surface area contributed by atoms with E-state index >= 15 is 0 Å². The summed E-state index contributed by atoms with van der Waals surface area (Å²) in [6.07, 6.45) is 2.15. The van der Waals surface area contributed by atoms with Gasteiger partial charge in [-0.25, -0.2) is 0 Å². The predicted octanol–water partition coefficient (Wildman–Crippen LogP) is 2.42. The maximum atomic E-state index is 11.9. The van der Waals surface area contributed by atoms with Crippen LogP contribution in [0, 0.1) is 11.8 Å². The molecule has 0 unspecified atom stereocenters. The van der Waals surface area contributed by atoms with Crippen molar-refractivity contribution in [2.45, 2.75) is 18.9 Å². The lowest BCUT2D eigenvalue weighted by Crippen LogP contribution is -2.35. The van der Waals surface area contributed by atoms with Crippen molar-refractivity contribution in [3.05, 3.63) is 35.9 Å². The van der Waals surface area contributed by atoms with Crippen LogP contribution in [0.25, 0.3) is 0 Å². The average molecular weight is 292 g/mol. The standard InChI is InChI=1S/C14H14BrNO/c15-11-13-7-4-10-16(13)14(17)9-8-12-5-2-1-3-6-12/h1-3,5-6,13H,4,7,10-11H2/t13-/m1/s1. The molecule has 3 heteroatoms. The summed E-state index contributed by atoms with van der Waals surface area (Å²) in [6, 6.07) is 9.91. The molecule has 0 N–H and O–H groups in total. The monoisotopic (exact) mass is 291 g/mol. The minimum atomic E-state index is -0.0594. The molecule has 0 spiro atoms. The van der Waals surface area contributed by atoms with Gasteiger partial charge in [0.05, 0.1) is 0 Å². The Morgan fingerprint density at radius 1 is 1.41 bits per heavy atom. The van der Waals surface area contributed by atoms with Crippen molar-refractivity contribution in [3.63, 3.8) is 0 Å². The summed E-state index contributed by atoms with van der Waals surface area (Å²) in [5, 5.41) is 0.839. The highest BCUT2D eigenvalue weighted by molar-refractivity contribution is 9.09. The highest BCUT2D eigenvalue weighted by Gasteiger charge is 2.26. The number of rotatable bonds is 1. The van der Waals surface area contributed by atoms with E-state index in [1.807, 2.05) is 35.2 Å². The second-order valence-electron chi connectivity index (χ2n) is 4.06. The van der Waals surface area contributed by atoms with Gasteiger partial charge in [0.2, 0.25) is 0 Å². The minimum absolute atomic E-state index is 0.0594. The third-order valence-electron chi connectivity index (χ3n) is 2.90. The molecule has 88 valence electrons. The lowest BCUT2D eigenvalue weighted by molar-refractivity contribution is -0.125. The Labute approximate surface area is 110 Å². The number of hydrogen-bond donors (Lipinski definition) is 0. The fourth-order valence-corrected chi connectivity index (χ4v) is 2.66. The topological polar surface area (TPSA) is 20.3 Å². The van der Waals surface area contributed by atoms with E-state index in [-0.39, 0.29) is 5.91 Å². The number of amides is 1. The molecule has 0 bridgehead atoms. The van der Waals surface area contributed by atoms with Crippen LogP contribution in [-0.4, -0.2) is 28.7 Å². The molecule has 0 aromatic heterocycles. The first-order chi connectivity index (χ1) is 8.31. The minimum Gasteiger partial charge on any atom is -0.328 e. The molecule has 0 radical (unpaired) electrons. The van der Waals surface area contributed by atoms with E-state index in [2.05, 4.69) is 27.8 Å². The maximum absolute atomic E-state index is 11.9. The number of carbonyl (C=O) groups is 1. The highest BCUT2D eigenvalue weighted by atomic mass is 79.9. The number of nitrogens with zero attached hydrogens (tertiary/aromatic N) is 1. The Bertz CT molecular complexity index is 446. The van der Waals surface area contributed by atoms with Gasteiger partial charge in [0, 0.05) is 29.4 Å². The van der Waals surface area contributed by atoms with Crippen LogP contribution in [0.2, 0.25) is 0 Å². The smallest absolute Gasteiger partial charge is 0.299 e.